The molecule has 0 heterocycles. The molecule has 3 aromatic carbocycles. The van der Waals surface area contributed by atoms with Gasteiger partial charge in [0.05, 0.1) is 14.2 Å². The summed E-state index contributed by atoms with van der Waals surface area (Å²) in [5, 5.41) is 4.54. The average molecular weight is 418 g/mol. The molecule has 0 atom stereocenters. The van der Waals surface area contributed by atoms with E-state index in [9.17, 15) is 0 Å². The van der Waals surface area contributed by atoms with E-state index in [2.05, 4.69) is 5.32 Å². The molecule has 0 unspecified atom stereocenters. The number of methoxy groups -OCH3 is 2. The van der Waals surface area contributed by atoms with E-state index >= 15 is 0 Å². The van der Waals surface area contributed by atoms with Crippen molar-refractivity contribution in [1.82, 2.24) is 0 Å². The molecular formula is C22H21Cl2NO3. The number of rotatable bonds is 8. The van der Waals surface area contributed by atoms with Gasteiger partial charge in [-0.15, -0.1) is 0 Å². The summed E-state index contributed by atoms with van der Waals surface area (Å²) in [5.74, 6) is 2.15. The molecule has 0 bridgehead atoms. The summed E-state index contributed by atoms with van der Waals surface area (Å²) in [6.07, 6.45) is 0. The fourth-order valence-corrected chi connectivity index (χ4v) is 3.11. The summed E-state index contributed by atoms with van der Waals surface area (Å²) >= 11 is 12.1. The number of hydrogen-bond acceptors (Lipinski definition) is 4. The molecule has 6 heteroatoms. The fraction of sp³-hybridized carbons (Fsp3) is 0.182. The van der Waals surface area contributed by atoms with Crippen LogP contribution in [0.15, 0.2) is 60.7 Å². The number of ether oxygens (including phenoxy) is 3. The summed E-state index contributed by atoms with van der Waals surface area (Å²) in [7, 11) is 3.28. The number of benzene rings is 3. The Morgan fingerprint density at radius 1 is 0.821 bits per heavy atom. The molecule has 0 fully saturated rings. The van der Waals surface area contributed by atoms with Gasteiger partial charge in [-0.1, -0.05) is 35.3 Å². The topological polar surface area (TPSA) is 39.7 Å². The summed E-state index contributed by atoms with van der Waals surface area (Å²) in [4.78, 5) is 0. The van der Waals surface area contributed by atoms with Crippen molar-refractivity contribution in [2.45, 2.75) is 13.2 Å². The second kappa shape index (κ2) is 9.58. The van der Waals surface area contributed by atoms with Crippen LogP contribution in [0.5, 0.6) is 17.2 Å². The zero-order valence-electron chi connectivity index (χ0n) is 15.7. The molecule has 0 saturated heterocycles. The van der Waals surface area contributed by atoms with E-state index in [0.717, 1.165) is 22.6 Å². The molecule has 0 aliphatic rings. The van der Waals surface area contributed by atoms with E-state index in [1.54, 1.807) is 26.4 Å². The van der Waals surface area contributed by atoms with Gasteiger partial charge in [-0.25, -0.2) is 0 Å². The first-order chi connectivity index (χ1) is 13.6. The predicted octanol–water partition coefficient (Wildman–Crippen LogP) is 6.20. The zero-order valence-corrected chi connectivity index (χ0v) is 17.2. The Labute approximate surface area is 175 Å². The quantitative estimate of drug-likeness (QED) is 0.473. The van der Waals surface area contributed by atoms with Crippen LogP contribution in [0.2, 0.25) is 10.0 Å². The van der Waals surface area contributed by atoms with Gasteiger partial charge in [-0.2, -0.15) is 0 Å². The van der Waals surface area contributed by atoms with E-state index in [4.69, 9.17) is 37.4 Å². The monoisotopic (exact) mass is 417 g/mol. The molecule has 4 nitrogen and oxygen atoms in total. The van der Waals surface area contributed by atoms with Crippen molar-refractivity contribution in [2.75, 3.05) is 19.5 Å². The highest BCUT2D eigenvalue weighted by Gasteiger charge is 2.08. The highest BCUT2D eigenvalue weighted by molar-refractivity contribution is 6.35. The molecule has 146 valence electrons. The Bertz CT molecular complexity index is 930. The van der Waals surface area contributed by atoms with Gasteiger partial charge >= 0.3 is 0 Å². The van der Waals surface area contributed by atoms with Crippen molar-refractivity contribution in [3.8, 4) is 17.2 Å². The van der Waals surface area contributed by atoms with Crippen molar-refractivity contribution in [3.63, 3.8) is 0 Å². The van der Waals surface area contributed by atoms with E-state index in [-0.39, 0.29) is 0 Å². The van der Waals surface area contributed by atoms with Crippen molar-refractivity contribution in [3.05, 3.63) is 81.8 Å². The second-order valence-corrected chi connectivity index (χ2v) is 6.94. The minimum absolute atomic E-state index is 0.329. The van der Waals surface area contributed by atoms with Crippen LogP contribution in [0.4, 0.5) is 5.69 Å². The Morgan fingerprint density at radius 3 is 2.29 bits per heavy atom. The first kappa shape index (κ1) is 20.2. The van der Waals surface area contributed by atoms with E-state index in [0.29, 0.717) is 34.7 Å². The molecule has 0 aromatic heterocycles. The van der Waals surface area contributed by atoms with E-state index in [1.807, 2.05) is 48.5 Å². The Hall–Kier alpha value is -2.56. The highest BCUT2D eigenvalue weighted by atomic mass is 35.5. The first-order valence-electron chi connectivity index (χ1n) is 8.70. The van der Waals surface area contributed by atoms with E-state index in [1.165, 1.54) is 0 Å². The summed E-state index contributed by atoms with van der Waals surface area (Å²) in [6.45, 7) is 0.988. The van der Waals surface area contributed by atoms with Crippen LogP contribution in [-0.4, -0.2) is 14.2 Å². The van der Waals surface area contributed by atoms with Crippen LogP contribution in [0.1, 0.15) is 11.1 Å². The maximum atomic E-state index is 6.20. The number of nitrogens with one attached hydrogen (secondary N) is 1. The van der Waals surface area contributed by atoms with E-state index < -0.39 is 0 Å². The normalized spacial score (nSPS) is 10.4. The lowest BCUT2D eigenvalue weighted by Crippen LogP contribution is -2.02. The summed E-state index contributed by atoms with van der Waals surface area (Å²) in [6, 6.07) is 19.0. The Morgan fingerprint density at radius 2 is 1.61 bits per heavy atom. The maximum Gasteiger partial charge on any atom is 0.161 e. The van der Waals surface area contributed by atoms with Crippen LogP contribution in [0.3, 0.4) is 0 Å². The fourth-order valence-electron chi connectivity index (χ4n) is 2.65. The van der Waals surface area contributed by atoms with Crippen LogP contribution in [-0.2, 0) is 13.2 Å². The van der Waals surface area contributed by atoms with Crippen molar-refractivity contribution < 1.29 is 14.2 Å². The van der Waals surface area contributed by atoms with Gasteiger partial charge in [0.1, 0.15) is 12.4 Å². The van der Waals surface area contributed by atoms with Gasteiger partial charge in [-0.3, -0.25) is 0 Å². The molecule has 0 aliphatic carbocycles. The lowest BCUT2D eigenvalue weighted by atomic mass is 10.2. The van der Waals surface area contributed by atoms with Gasteiger partial charge in [0, 0.05) is 27.8 Å². The molecule has 0 aliphatic heterocycles. The number of halogens is 2. The van der Waals surface area contributed by atoms with Crippen molar-refractivity contribution >= 4 is 28.9 Å². The van der Waals surface area contributed by atoms with Crippen molar-refractivity contribution in [2.24, 2.45) is 0 Å². The Kier molecular flexibility index (Phi) is 6.90. The average Bonchev–Trinajstić information content (AvgIpc) is 2.72. The van der Waals surface area contributed by atoms with Gasteiger partial charge in [0.15, 0.2) is 11.5 Å². The third kappa shape index (κ3) is 5.24. The lowest BCUT2D eigenvalue weighted by Gasteiger charge is -2.14. The second-order valence-electron chi connectivity index (χ2n) is 6.09. The maximum absolute atomic E-state index is 6.20. The van der Waals surface area contributed by atoms with Crippen LogP contribution >= 0.6 is 23.2 Å². The Balaban J connectivity index is 1.64. The zero-order chi connectivity index (χ0) is 19.9. The molecule has 28 heavy (non-hydrogen) atoms. The lowest BCUT2D eigenvalue weighted by molar-refractivity contribution is 0.284. The third-order valence-corrected chi connectivity index (χ3v) is 4.80. The first-order valence-corrected chi connectivity index (χ1v) is 9.46. The summed E-state index contributed by atoms with van der Waals surface area (Å²) in [5.41, 5.74) is 2.94. The summed E-state index contributed by atoms with van der Waals surface area (Å²) < 4.78 is 16.5. The molecule has 1 N–H and O–H groups in total. The highest BCUT2D eigenvalue weighted by Crippen LogP contribution is 2.30. The smallest absolute Gasteiger partial charge is 0.161 e. The molecule has 0 spiro atoms. The molecule has 0 saturated carbocycles. The van der Waals surface area contributed by atoms with Crippen molar-refractivity contribution in [1.29, 1.82) is 0 Å². The van der Waals surface area contributed by atoms with Gasteiger partial charge in [-0.05, 0) is 54.1 Å². The molecule has 0 amide bonds. The third-order valence-electron chi connectivity index (χ3n) is 4.21. The number of hydrogen-bond donors (Lipinski definition) is 1. The molecule has 3 aromatic rings. The SMILES string of the molecule is COc1ccc(NCc2ccc(OCc3ccc(Cl)cc3Cl)c(OC)c2)cc1. The van der Waals surface area contributed by atoms with Crippen LogP contribution in [0.25, 0.3) is 0 Å². The largest absolute Gasteiger partial charge is 0.497 e. The molecular weight excluding hydrogens is 397 g/mol. The predicted molar refractivity (Wildman–Crippen MR) is 114 cm³/mol. The van der Waals surface area contributed by atoms with Crippen LogP contribution in [0, 0.1) is 0 Å². The molecule has 0 radical (unpaired) electrons. The number of anilines is 1. The van der Waals surface area contributed by atoms with Crippen LogP contribution < -0.4 is 19.5 Å². The minimum Gasteiger partial charge on any atom is -0.497 e. The van der Waals surface area contributed by atoms with Gasteiger partial charge in [0.25, 0.3) is 0 Å². The minimum atomic E-state index is 0.329. The standard InChI is InChI=1S/C22H21Cl2NO3/c1-26-19-8-6-18(7-9-19)25-13-15-3-10-21(22(11-15)27-2)28-14-16-4-5-17(23)12-20(16)24/h3-12,25H,13-14H2,1-2H3. The molecule has 3 rings (SSSR count). The van der Waals surface area contributed by atoms with Gasteiger partial charge < -0.3 is 19.5 Å². The van der Waals surface area contributed by atoms with Gasteiger partial charge in [0.2, 0.25) is 0 Å².